The molecule has 0 nitrogen and oxygen atoms in total. The minimum absolute atomic E-state index is 0.122. The van der Waals surface area contributed by atoms with E-state index in [-0.39, 0.29) is 21.2 Å². The summed E-state index contributed by atoms with van der Waals surface area (Å²) in [6, 6.07) is 4.55. The van der Waals surface area contributed by atoms with Gasteiger partial charge in [-0.25, -0.2) is 0 Å². The Morgan fingerprint density at radius 3 is 1.94 bits per heavy atom. The Morgan fingerprint density at radius 2 is 1.50 bits per heavy atom. The molecule has 0 bridgehead atoms. The van der Waals surface area contributed by atoms with E-state index < -0.39 is 8.07 Å². The molecule has 0 N–H and O–H groups in total. The van der Waals surface area contributed by atoms with Crippen LogP contribution >= 0.6 is 0 Å². The molecule has 0 radical (unpaired) electrons. The van der Waals surface area contributed by atoms with Crippen molar-refractivity contribution in [2.75, 3.05) is 0 Å². The molecule has 0 aliphatic carbocycles. The third-order valence-electron chi connectivity index (χ3n) is 2.14. The predicted molar refractivity (Wildman–Crippen MR) is 70.5 cm³/mol. The zero-order chi connectivity index (χ0) is 12.3. The van der Waals surface area contributed by atoms with Gasteiger partial charge in [-0.15, -0.1) is 0 Å². The van der Waals surface area contributed by atoms with Crippen LogP contribution in [0, 0.1) is 33.8 Å². The molecule has 1 aromatic carbocycles. The van der Waals surface area contributed by atoms with Crippen molar-refractivity contribution in [1.82, 2.24) is 0 Å². The molecule has 0 fully saturated rings. The largest absolute Gasteiger partial charge is 0.419 e. The van der Waals surface area contributed by atoms with Crippen molar-refractivity contribution in [1.29, 1.82) is 0 Å². The smallest absolute Gasteiger partial charge is 0.0782 e. The molecule has 1 aromatic rings. The van der Waals surface area contributed by atoms with Crippen LogP contribution in [0.3, 0.4) is 0 Å². The van der Waals surface area contributed by atoms with Gasteiger partial charge in [-0.3, -0.25) is 0 Å². The van der Waals surface area contributed by atoms with E-state index in [1.54, 1.807) is 0 Å². The zero-order valence-corrected chi connectivity index (χ0v) is 14.2. The molecule has 86 valence electrons. The molecule has 0 atom stereocenters. The van der Waals surface area contributed by atoms with Crippen LogP contribution in [0.1, 0.15) is 16.7 Å². The van der Waals surface area contributed by atoms with Crippen LogP contribution in [0.2, 0.25) is 19.6 Å². The topological polar surface area (TPSA) is 0 Å². The Labute approximate surface area is 111 Å². The molecule has 0 saturated carbocycles. The molecule has 0 spiro atoms. The maximum absolute atomic E-state index is 3.48. The fourth-order valence-corrected chi connectivity index (χ4v) is 6.12. The summed E-state index contributed by atoms with van der Waals surface area (Å²) in [5.74, 6) is 0. The number of rotatable bonds is 1. The monoisotopic (exact) mass is 343 g/mol. The highest BCUT2D eigenvalue weighted by atomic mass is 127. The number of hydrogen-bond donors (Lipinski definition) is 0. The lowest BCUT2D eigenvalue weighted by atomic mass is 10.1. The van der Waals surface area contributed by atoms with Gasteiger partial charge in [-0.2, -0.15) is 0 Å². The summed E-state index contributed by atoms with van der Waals surface area (Å²) in [6.07, 6.45) is 0. The number of benzene rings is 1. The van der Waals surface area contributed by atoms with Crippen molar-refractivity contribution in [3.05, 3.63) is 32.4 Å². The van der Waals surface area contributed by atoms with Crippen LogP contribution in [0.4, 0.5) is 0 Å². The second-order valence-corrected chi connectivity index (χ2v) is 12.2. The van der Waals surface area contributed by atoms with Crippen molar-refractivity contribution in [3.63, 3.8) is 0 Å². The highest BCUT2D eigenvalue weighted by Crippen LogP contribution is 2.07. The third-order valence-corrected chi connectivity index (χ3v) is 6.31. The summed E-state index contributed by atoms with van der Waals surface area (Å²) < 4.78 is 4.99. The van der Waals surface area contributed by atoms with E-state index in [9.17, 15) is 0 Å². The Kier molecular flexibility index (Phi) is 4.63. The minimum Gasteiger partial charge on any atom is -0.0782 e. The first kappa shape index (κ1) is 13.8. The van der Waals surface area contributed by atoms with Gasteiger partial charge in [0.05, 0.1) is 0 Å². The maximum atomic E-state index is 3.48. The Hall–Kier alpha value is -0.273. The predicted octanol–water partition coefficient (Wildman–Crippen LogP) is 0.709. The van der Waals surface area contributed by atoms with Gasteiger partial charge in [0.1, 0.15) is 8.07 Å². The van der Waals surface area contributed by atoms with Gasteiger partial charge < -0.3 is 0 Å². The van der Waals surface area contributed by atoms with E-state index in [1.807, 2.05) is 0 Å². The Balaban J connectivity index is 2.93. The van der Waals surface area contributed by atoms with E-state index in [4.69, 9.17) is 0 Å². The Bertz CT molecular complexity index is 421. The molecule has 0 saturated heterocycles. The van der Waals surface area contributed by atoms with Gasteiger partial charge >= 0.3 is 21.2 Å². The minimum atomic E-state index is -1.19. The summed E-state index contributed by atoms with van der Waals surface area (Å²) in [7, 11) is -1.19. The summed E-state index contributed by atoms with van der Waals surface area (Å²) in [5, 5.41) is 0. The lowest BCUT2D eigenvalue weighted by Gasteiger charge is -2.01. The first-order valence-corrected chi connectivity index (χ1v) is 11.2. The van der Waals surface area contributed by atoms with Gasteiger partial charge in [0.15, 0.2) is 3.93 Å². The maximum Gasteiger partial charge on any atom is 0.419 e. The van der Waals surface area contributed by atoms with Crippen LogP contribution in [0.25, 0.3) is 0 Å². The molecule has 0 aliphatic heterocycles. The highest BCUT2D eigenvalue weighted by molar-refractivity contribution is 6.83. The zero-order valence-electron chi connectivity index (χ0n) is 11.0. The van der Waals surface area contributed by atoms with Crippen LogP contribution in [-0.2, 0) is 0 Å². The van der Waals surface area contributed by atoms with Crippen LogP contribution in [0.15, 0.2) is 12.1 Å². The lowest BCUT2D eigenvalue weighted by molar-refractivity contribution is -0.536. The number of aryl methyl sites for hydroxylation is 3. The van der Waals surface area contributed by atoms with E-state index in [1.165, 1.54) is 20.3 Å². The Morgan fingerprint density at radius 1 is 1.00 bits per heavy atom. The fraction of sp³-hybridized carbons (Fsp3) is 0.429. The van der Waals surface area contributed by atoms with E-state index in [0.717, 1.165) is 0 Å². The van der Waals surface area contributed by atoms with Crippen molar-refractivity contribution in [3.8, 4) is 9.47 Å². The van der Waals surface area contributed by atoms with Gasteiger partial charge in [-0.1, -0.05) is 42.9 Å². The van der Waals surface area contributed by atoms with E-state index in [2.05, 4.69) is 62.0 Å². The first-order chi connectivity index (χ1) is 7.29. The second-order valence-electron chi connectivity index (χ2n) is 5.28. The molecule has 0 aromatic heterocycles. The van der Waals surface area contributed by atoms with Gasteiger partial charge in [0.2, 0.25) is 3.57 Å². The molecule has 1 rings (SSSR count). The normalized spacial score (nSPS) is 10.9. The van der Waals surface area contributed by atoms with Gasteiger partial charge in [0.25, 0.3) is 0 Å². The molecular formula is C14H20ISi+. The number of hydrogen-bond acceptors (Lipinski definition) is 0. The highest BCUT2D eigenvalue weighted by Gasteiger charge is 2.18. The average Bonchev–Trinajstić information content (AvgIpc) is 2.07. The lowest BCUT2D eigenvalue weighted by Crippen LogP contribution is -3.60. The molecule has 0 amide bonds. The number of halogens is 1. The SMILES string of the molecule is Cc1cc(C)c([I+]C#C[Si](C)(C)C)c(C)c1. The summed E-state index contributed by atoms with van der Waals surface area (Å²) in [6.45, 7) is 13.5. The first-order valence-electron chi connectivity index (χ1n) is 5.53. The van der Waals surface area contributed by atoms with Crippen LogP contribution < -0.4 is 21.2 Å². The van der Waals surface area contributed by atoms with Crippen molar-refractivity contribution >= 4 is 8.07 Å². The summed E-state index contributed by atoms with van der Waals surface area (Å²) in [4.78, 5) is 0. The van der Waals surface area contributed by atoms with Gasteiger partial charge in [-0.05, 0) is 20.8 Å². The van der Waals surface area contributed by atoms with Crippen molar-refractivity contribution < 1.29 is 21.2 Å². The molecule has 2 heteroatoms. The average molecular weight is 343 g/mol. The molecular weight excluding hydrogens is 323 g/mol. The standard InChI is InChI=1S/C14H20ISi/c1-11-9-12(2)14(13(3)10-11)15-7-8-16(4,5)6/h9-10H,1-6H3/q+1. The molecule has 0 aliphatic rings. The third kappa shape index (κ3) is 4.30. The van der Waals surface area contributed by atoms with E-state index in [0.29, 0.717) is 0 Å². The quantitative estimate of drug-likeness (QED) is 0.400. The molecule has 0 heterocycles. The van der Waals surface area contributed by atoms with E-state index >= 15 is 0 Å². The van der Waals surface area contributed by atoms with Gasteiger partial charge in [0, 0.05) is 11.1 Å². The molecule has 16 heavy (non-hydrogen) atoms. The van der Waals surface area contributed by atoms with Crippen LogP contribution in [-0.4, -0.2) is 8.07 Å². The summed E-state index contributed by atoms with van der Waals surface area (Å²) in [5.41, 5.74) is 7.69. The molecule has 0 unspecified atom stereocenters. The van der Waals surface area contributed by atoms with Crippen molar-refractivity contribution in [2.45, 2.75) is 40.4 Å². The summed E-state index contributed by atoms with van der Waals surface area (Å²) >= 11 is -0.122. The second kappa shape index (κ2) is 5.37. The van der Waals surface area contributed by atoms with Crippen LogP contribution in [0.5, 0.6) is 0 Å². The fourth-order valence-electron chi connectivity index (χ4n) is 1.52. The van der Waals surface area contributed by atoms with Crippen molar-refractivity contribution in [2.24, 2.45) is 0 Å².